The second-order valence-electron chi connectivity index (χ2n) is 7.14. The minimum absolute atomic E-state index is 0.373. The highest BCUT2D eigenvalue weighted by atomic mass is 35.5. The van der Waals surface area contributed by atoms with Gasteiger partial charge in [-0.1, -0.05) is 77.8 Å². The molecular formula is C24H18Cl2. The maximum absolute atomic E-state index is 6.32. The first kappa shape index (κ1) is 16.2. The van der Waals surface area contributed by atoms with Crippen molar-refractivity contribution in [3.8, 4) is 0 Å². The lowest BCUT2D eigenvalue weighted by Crippen LogP contribution is -2.12. The van der Waals surface area contributed by atoms with Gasteiger partial charge in [0.1, 0.15) is 0 Å². The van der Waals surface area contributed by atoms with Gasteiger partial charge < -0.3 is 0 Å². The molecule has 1 aliphatic carbocycles. The molecule has 0 N–H and O–H groups in total. The number of halogens is 2. The minimum Gasteiger partial charge on any atom is -0.0827 e. The summed E-state index contributed by atoms with van der Waals surface area (Å²) in [5, 5.41) is 6.59. The SMILES string of the molecule is Clc1ccc(C2CCCc3ccc4c(ccc5ccccc54)c32)cc1Cl. The van der Waals surface area contributed by atoms with Gasteiger partial charge in [0.25, 0.3) is 0 Å². The van der Waals surface area contributed by atoms with E-state index >= 15 is 0 Å². The van der Waals surface area contributed by atoms with E-state index in [-0.39, 0.29) is 0 Å². The van der Waals surface area contributed by atoms with Crippen molar-refractivity contribution in [2.75, 3.05) is 0 Å². The zero-order chi connectivity index (χ0) is 17.7. The molecule has 4 aromatic rings. The lowest BCUT2D eigenvalue weighted by atomic mass is 9.76. The van der Waals surface area contributed by atoms with Crippen LogP contribution >= 0.6 is 23.2 Å². The molecule has 0 nitrogen and oxygen atoms in total. The van der Waals surface area contributed by atoms with Gasteiger partial charge in [0.05, 0.1) is 10.0 Å². The van der Waals surface area contributed by atoms with Gasteiger partial charge in [0.2, 0.25) is 0 Å². The van der Waals surface area contributed by atoms with Gasteiger partial charge >= 0.3 is 0 Å². The van der Waals surface area contributed by atoms with Crippen LogP contribution in [0.4, 0.5) is 0 Å². The third kappa shape index (κ3) is 2.52. The highest BCUT2D eigenvalue weighted by Gasteiger charge is 2.24. The van der Waals surface area contributed by atoms with Crippen LogP contribution in [0.1, 0.15) is 35.4 Å². The molecule has 0 aliphatic heterocycles. The topological polar surface area (TPSA) is 0 Å². The van der Waals surface area contributed by atoms with Crippen molar-refractivity contribution >= 4 is 44.7 Å². The smallest absolute Gasteiger partial charge is 0.0595 e. The molecule has 1 atom stereocenters. The van der Waals surface area contributed by atoms with Crippen LogP contribution < -0.4 is 0 Å². The Balaban J connectivity index is 1.79. The predicted octanol–water partition coefficient (Wildman–Crippen LogP) is 7.77. The molecule has 1 unspecified atom stereocenters. The van der Waals surface area contributed by atoms with E-state index in [4.69, 9.17) is 23.2 Å². The van der Waals surface area contributed by atoms with Gasteiger partial charge in [-0.25, -0.2) is 0 Å². The molecule has 0 amide bonds. The van der Waals surface area contributed by atoms with Crippen molar-refractivity contribution in [2.45, 2.75) is 25.2 Å². The molecule has 1 aliphatic rings. The maximum atomic E-state index is 6.32. The van der Waals surface area contributed by atoms with Crippen molar-refractivity contribution in [2.24, 2.45) is 0 Å². The van der Waals surface area contributed by atoms with Crippen LogP contribution in [0.5, 0.6) is 0 Å². The predicted molar refractivity (Wildman–Crippen MR) is 113 cm³/mol. The zero-order valence-electron chi connectivity index (χ0n) is 14.3. The van der Waals surface area contributed by atoms with Gasteiger partial charge in [0.15, 0.2) is 0 Å². The van der Waals surface area contributed by atoms with Gasteiger partial charge in [-0.2, -0.15) is 0 Å². The van der Waals surface area contributed by atoms with Crippen LogP contribution in [0.3, 0.4) is 0 Å². The number of aryl methyl sites for hydroxylation is 1. The molecule has 26 heavy (non-hydrogen) atoms. The second kappa shape index (κ2) is 6.30. The fourth-order valence-electron chi connectivity index (χ4n) is 4.49. The summed E-state index contributed by atoms with van der Waals surface area (Å²) in [7, 11) is 0. The van der Waals surface area contributed by atoms with E-state index in [2.05, 4.69) is 54.6 Å². The Hall–Kier alpha value is -2.02. The molecule has 0 bridgehead atoms. The summed E-state index contributed by atoms with van der Waals surface area (Å²) < 4.78 is 0. The summed E-state index contributed by atoms with van der Waals surface area (Å²) in [5.74, 6) is 0.373. The largest absolute Gasteiger partial charge is 0.0827 e. The molecule has 0 spiro atoms. The Bertz CT molecular complexity index is 1140. The third-order valence-corrected chi connectivity index (χ3v) is 6.43. The second-order valence-corrected chi connectivity index (χ2v) is 7.95. The van der Waals surface area contributed by atoms with Crippen molar-refractivity contribution in [1.29, 1.82) is 0 Å². The van der Waals surface area contributed by atoms with Crippen molar-refractivity contribution in [3.05, 3.63) is 93.5 Å². The van der Waals surface area contributed by atoms with Crippen LogP contribution in [-0.4, -0.2) is 0 Å². The summed E-state index contributed by atoms with van der Waals surface area (Å²) in [6.07, 6.45) is 3.50. The van der Waals surface area contributed by atoms with E-state index in [0.717, 1.165) is 12.8 Å². The summed E-state index contributed by atoms with van der Waals surface area (Å²) in [4.78, 5) is 0. The first-order valence-corrected chi connectivity index (χ1v) is 9.86. The van der Waals surface area contributed by atoms with E-state index < -0.39 is 0 Å². The van der Waals surface area contributed by atoms with Crippen molar-refractivity contribution in [3.63, 3.8) is 0 Å². The van der Waals surface area contributed by atoms with Gasteiger partial charge in [0, 0.05) is 5.92 Å². The van der Waals surface area contributed by atoms with Crippen LogP contribution in [0.25, 0.3) is 21.5 Å². The van der Waals surface area contributed by atoms with Crippen molar-refractivity contribution < 1.29 is 0 Å². The Kier molecular flexibility index (Phi) is 3.92. The first-order chi connectivity index (χ1) is 12.7. The Morgan fingerprint density at radius 2 is 1.58 bits per heavy atom. The molecule has 0 radical (unpaired) electrons. The van der Waals surface area contributed by atoms with Crippen LogP contribution in [0, 0.1) is 0 Å². The van der Waals surface area contributed by atoms with Crippen LogP contribution in [0.15, 0.2) is 66.7 Å². The Morgan fingerprint density at radius 3 is 2.46 bits per heavy atom. The molecule has 5 rings (SSSR count). The molecular weight excluding hydrogens is 359 g/mol. The van der Waals surface area contributed by atoms with Gasteiger partial charge in [-0.15, -0.1) is 0 Å². The molecule has 2 heteroatoms. The summed E-state index contributed by atoms with van der Waals surface area (Å²) >= 11 is 12.5. The average molecular weight is 377 g/mol. The standard InChI is InChI=1S/C24H18Cl2/c25-22-13-10-17(14-23(22)26)19-7-3-5-16-9-11-20-18-6-2-1-4-15(18)8-12-21(20)24(16)19/h1-2,4,6,8-14,19H,3,5,7H2. The zero-order valence-corrected chi connectivity index (χ0v) is 15.8. The fourth-order valence-corrected chi connectivity index (χ4v) is 4.80. The lowest BCUT2D eigenvalue weighted by Gasteiger charge is -2.28. The molecule has 0 saturated heterocycles. The first-order valence-electron chi connectivity index (χ1n) is 9.10. The highest BCUT2D eigenvalue weighted by molar-refractivity contribution is 6.42. The quantitative estimate of drug-likeness (QED) is 0.297. The number of hydrogen-bond donors (Lipinski definition) is 0. The third-order valence-electron chi connectivity index (χ3n) is 5.69. The molecule has 0 aromatic heterocycles. The Morgan fingerprint density at radius 1 is 0.731 bits per heavy atom. The summed E-state index contributed by atoms with van der Waals surface area (Å²) in [6, 6.07) is 23.9. The van der Waals surface area contributed by atoms with E-state index in [9.17, 15) is 0 Å². The van der Waals surface area contributed by atoms with Crippen molar-refractivity contribution in [1.82, 2.24) is 0 Å². The molecule has 0 heterocycles. The van der Waals surface area contributed by atoms with Crippen LogP contribution in [-0.2, 0) is 6.42 Å². The van der Waals surface area contributed by atoms with E-state index in [1.165, 1.54) is 44.7 Å². The summed E-state index contributed by atoms with van der Waals surface area (Å²) in [5.41, 5.74) is 4.20. The fraction of sp³-hybridized carbons (Fsp3) is 0.167. The van der Waals surface area contributed by atoms with E-state index in [0.29, 0.717) is 16.0 Å². The number of benzene rings is 4. The highest BCUT2D eigenvalue weighted by Crippen LogP contribution is 2.43. The Labute approximate surface area is 163 Å². The minimum atomic E-state index is 0.373. The molecule has 0 saturated carbocycles. The molecule has 128 valence electrons. The number of fused-ring (bicyclic) bond motifs is 5. The molecule has 4 aromatic carbocycles. The average Bonchev–Trinajstić information content (AvgIpc) is 2.69. The number of rotatable bonds is 1. The number of hydrogen-bond acceptors (Lipinski definition) is 0. The summed E-state index contributed by atoms with van der Waals surface area (Å²) in [6.45, 7) is 0. The monoisotopic (exact) mass is 376 g/mol. The van der Waals surface area contributed by atoms with E-state index in [1.807, 2.05) is 12.1 Å². The van der Waals surface area contributed by atoms with E-state index in [1.54, 1.807) is 0 Å². The van der Waals surface area contributed by atoms with Crippen LogP contribution in [0.2, 0.25) is 10.0 Å². The maximum Gasteiger partial charge on any atom is 0.0595 e. The van der Waals surface area contributed by atoms with Gasteiger partial charge in [-0.05, 0) is 69.6 Å². The van der Waals surface area contributed by atoms with Gasteiger partial charge in [-0.3, -0.25) is 0 Å². The normalized spacial score (nSPS) is 16.8. The lowest BCUT2D eigenvalue weighted by molar-refractivity contribution is 0.620. The molecule has 0 fully saturated rings.